The first-order valence-electron chi connectivity index (χ1n) is 5.55. The van der Waals surface area contributed by atoms with Crippen LogP contribution in [0.5, 0.6) is 0 Å². The molecule has 2 heterocycles. The second-order valence-electron chi connectivity index (χ2n) is 3.92. The first kappa shape index (κ1) is 11.8. The minimum atomic E-state index is -0.0644. The molecular formula is C12H18O4. The van der Waals surface area contributed by atoms with Gasteiger partial charge in [0, 0.05) is 0 Å². The Hall–Kier alpha value is -0.680. The van der Waals surface area contributed by atoms with E-state index in [-0.39, 0.29) is 24.4 Å². The van der Waals surface area contributed by atoms with Crippen molar-refractivity contribution in [2.24, 2.45) is 0 Å². The summed E-state index contributed by atoms with van der Waals surface area (Å²) in [5.41, 5.74) is 0. The Morgan fingerprint density at radius 1 is 1.00 bits per heavy atom. The van der Waals surface area contributed by atoms with Gasteiger partial charge in [0.15, 0.2) is 0 Å². The molecule has 0 aromatic heterocycles. The molecule has 90 valence electrons. The van der Waals surface area contributed by atoms with Gasteiger partial charge in [-0.2, -0.15) is 0 Å². The van der Waals surface area contributed by atoms with Crippen molar-refractivity contribution in [3.05, 3.63) is 25.3 Å². The first-order chi connectivity index (χ1) is 7.86. The van der Waals surface area contributed by atoms with Gasteiger partial charge < -0.3 is 18.9 Å². The molecule has 2 saturated heterocycles. The zero-order valence-corrected chi connectivity index (χ0v) is 9.34. The normalized spacial score (nSPS) is 30.5. The third kappa shape index (κ3) is 3.15. The number of hydrogen-bond donors (Lipinski definition) is 0. The van der Waals surface area contributed by atoms with Crippen LogP contribution < -0.4 is 0 Å². The van der Waals surface area contributed by atoms with E-state index in [9.17, 15) is 0 Å². The summed E-state index contributed by atoms with van der Waals surface area (Å²) in [6, 6.07) is 0. The Bertz CT molecular complexity index is 219. The van der Waals surface area contributed by atoms with E-state index < -0.39 is 0 Å². The van der Waals surface area contributed by atoms with Gasteiger partial charge in [-0.15, -0.1) is 13.2 Å². The molecule has 16 heavy (non-hydrogen) atoms. The first-order valence-corrected chi connectivity index (χ1v) is 5.55. The van der Waals surface area contributed by atoms with Gasteiger partial charge in [-0.3, -0.25) is 0 Å². The van der Waals surface area contributed by atoms with Crippen LogP contribution in [0.3, 0.4) is 0 Å². The molecule has 0 bridgehead atoms. The maximum Gasteiger partial charge on any atom is 0.115 e. The molecule has 0 unspecified atom stereocenters. The van der Waals surface area contributed by atoms with Crippen molar-refractivity contribution in [2.45, 2.75) is 24.4 Å². The van der Waals surface area contributed by atoms with Crippen molar-refractivity contribution in [1.82, 2.24) is 0 Å². The molecule has 4 heteroatoms. The highest BCUT2D eigenvalue weighted by molar-refractivity contribution is 4.95. The van der Waals surface area contributed by atoms with Crippen LogP contribution in [0.4, 0.5) is 0 Å². The molecule has 0 aromatic carbocycles. The van der Waals surface area contributed by atoms with E-state index in [1.807, 2.05) is 0 Å². The Morgan fingerprint density at radius 2 is 1.38 bits per heavy atom. The molecule has 2 aliphatic rings. The molecule has 4 atom stereocenters. The number of epoxide rings is 2. The van der Waals surface area contributed by atoms with Gasteiger partial charge >= 0.3 is 0 Å². The molecule has 0 aliphatic carbocycles. The summed E-state index contributed by atoms with van der Waals surface area (Å²) in [5, 5.41) is 0. The Morgan fingerprint density at radius 3 is 1.62 bits per heavy atom. The van der Waals surface area contributed by atoms with Crippen LogP contribution in [0.2, 0.25) is 0 Å². The van der Waals surface area contributed by atoms with Gasteiger partial charge in [-0.1, -0.05) is 12.2 Å². The van der Waals surface area contributed by atoms with Crippen molar-refractivity contribution in [3.63, 3.8) is 0 Å². The molecule has 2 aliphatic heterocycles. The fourth-order valence-electron chi connectivity index (χ4n) is 1.68. The molecule has 2 rings (SSSR count). The van der Waals surface area contributed by atoms with Crippen LogP contribution >= 0.6 is 0 Å². The van der Waals surface area contributed by atoms with E-state index in [4.69, 9.17) is 18.9 Å². The maximum absolute atomic E-state index is 5.69. The van der Waals surface area contributed by atoms with Gasteiger partial charge in [0.25, 0.3) is 0 Å². The van der Waals surface area contributed by atoms with Gasteiger partial charge in [-0.05, 0) is 0 Å². The fraction of sp³-hybridized carbons (Fsp3) is 0.667. The lowest BCUT2D eigenvalue weighted by Gasteiger charge is -2.24. The molecule has 0 saturated carbocycles. The molecule has 0 radical (unpaired) electrons. The van der Waals surface area contributed by atoms with Gasteiger partial charge in [0.1, 0.15) is 24.4 Å². The fourth-order valence-corrected chi connectivity index (χ4v) is 1.68. The standard InChI is InChI=1S/C12H18O4/c1-3-5-13-11(9-7-15-9)12(10-8-16-10)14-6-4-2/h3-4,9-12H,1-2,5-8H2/t9-,10-,11+,12+/m0/s1. The summed E-state index contributed by atoms with van der Waals surface area (Å²) >= 11 is 0. The number of rotatable bonds is 9. The van der Waals surface area contributed by atoms with E-state index in [0.29, 0.717) is 13.2 Å². The molecule has 4 nitrogen and oxygen atoms in total. The zero-order chi connectivity index (χ0) is 11.4. The monoisotopic (exact) mass is 226 g/mol. The van der Waals surface area contributed by atoms with E-state index in [2.05, 4.69) is 13.2 Å². The topological polar surface area (TPSA) is 43.5 Å². The second kappa shape index (κ2) is 5.59. The second-order valence-corrected chi connectivity index (χ2v) is 3.92. The Labute approximate surface area is 95.8 Å². The molecule has 0 spiro atoms. The largest absolute Gasteiger partial charge is 0.370 e. The average molecular weight is 226 g/mol. The van der Waals surface area contributed by atoms with Crippen molar-refractivity contribution in [2.75, 3.05) is 26.4 Å². The minimum absolute atomic E-state index is 0.0644. The molecule has 0 N–H and O–H groups in total. The van der Waals surface area contributed by atoms with Gasteiger partial charge in [0.2, 0.25) is 0 Å². The van der Waals surface area contributed by atoms with Crippen LogP contribution in [-0.2, 0) is 18.9 Å². The highest BCUT2D eigenvalue weighted by atomic mass is 16.6. The summed E-state index contributed by atoms with van der Waals surface area (Å²) in [7, 11) is 0. The van der Waals surface area contributed by atoms with Crippen molar-refractivity contribution < 1.29 is 18.9 Å². The van der Waals surface area contributed by atoms with Crippen LogP contribution in [0, 0.1) is 0 Å². The minimum Gasteiger partial charge on any atom is -0.370 e. The third-order valence-corrected chi connectivity index (χ3v) is 2.59. The highest BCUT2D eigenvalue weighted by Crippen LogP contribution is 2.29. The lowest BCUT2D eigenvalue weighted by molar-refractivity contribution is -0.0789. The quantitative estimate of drug-likeness (QED) is 0.433. The average Bonchev–Trinajstić information content (AvgIpc) is 3.15. The van der Waals surface area contributed by atoms with Crippen molar-refractivity contribution in [3.8, 4) is 0 Å². The predicted octanol–water partition coefficient (Wildman–Crippen LogP) is 0.926. The Kier molecular flexibility index (Phi) is 4.12. The van der Waals surface area contributed by atoms with E-state index in [0.717, 1.165) is 13.2 Å². The lowest BCUT2D eigenvalue weighted by atomic mass is 10.1. The van der Waals surface area contributed by atoms with Crippen LogP contribution in [0.15, 0.2) is 25.3 Å². The number of hydrogen-bond acceptors (Lipinski definition) is 4. The summed E-state index contributed by atoms with van der Waals surface area (Å²) in [6.45, 7) is 9.77. The SMILES string of the molecule is C=CCO[C@@H]([C@H](OCC=C)[C@@H]1CO1)[C@@H]1CO1. The van der Waals surface area contributed by atoms with E-state index in [1.165, 1.54) is 0 Å². The van der Waals surface area contributed by atoms with Crippen LogP contribution in [0.25, 0.3) is 0 Å². The summed E-state index contributed by atoms with van der Waals surface area (Å²) in [6.07, 6.45) is 3.61. The predicted molar refractivity (Wildman–Crippen MR) is 59.4 cm³/mol. The van der Waals surface area contributed by atoms with Gasteiger partial charge in [-0.25, -0.2) is 0 Å². The summed E-state index contributed by atoms with van der Waals surface area (Å²) in [4.78, 5) is 0. The lowest BCUT2D eigenvalue weighted by Crippen LogP contribution is -2.40. The smallest absolute Gasteiger partial charge is 0.115 e. The highest BCUT2D eigenvalue weighted by Gasteiger charge is 2.47. The number of ether oxygens (including phenoxy) is 4. The van der Waals surface area contributed by atoms with Crippen LogP contribution in [-0.4, -0.2) is 50.8 Å². The van der Waals surface area contributed by atoms with Crippen LogP contribution in [0.1, 0.15) is 0 Å². The molecule has 0 aromatic rings. The Balaban J connectivity index is 1.89. The summed E-state index contributed by atoms with van der Waals surface area (Å²) < 4.78 is 22.0. The third-order valence-electron chi connectivity index (χ3n) is 2.59. The van der Waals surface area contributed by atoms with Gasteiger partial charge in [0.05, 0.1) is 26.4 Å². The molecule has 0 amide bonds. The molecule has 2 fully saturated rings. The van der Waals surface area contributed by atoms with E-state index >= 15 is 0 Å². The summed E-state index contributed by atoms with van der Waals surface area (Å²) in [5.74, 6) is 0. The molecular weight excluding hydrogens is 208 g/mol. The van der Waals surface area contributed by atoms with Crippen molar-refractivity contribution in [1.29, 1.82) is 0 Å². The van der Waals surface area contributed by atoms with Crippen molar-refractivity contribution >= 4 is 0 Å². The zero-order valence-electron chi connectivity index (χ0n) is 9.34. The maximum atomic E-state index is 5.69. The van der Waals surface area contributed by atoms with E-state index in [1.54, 1.807) is 12.2 Å².